The molecule has 1 saturated carbocycles. The molecule has 1 unspecified atom stereocenters. The lowest BCUT2D eigenvalue weighted by Gasteiger charge is -2.14. The summed E-state index contributed by atoms with van der Waals surface area (Å²) in [5.74, 6) is 0.925. The third-order valence-corrected chi connectivity index (χ3v) is 5.58. The zero-order valence-corrected chi connectivity index (χ0v) is 14.8. The van der Waals surface area contributed by atoms with Crippen LogP contribution >= 0.6 is 23.4 Å². The minimum absolute atomic E-state index is 0.214. The highest BCUT2D eigenvalue weighted by Crippen LogP contribution is 2.44. The van der Waals surface area contributed by atoms with E-state index in [1.54, 1.807) is 24.2 Å². The predicted octanol–water partition coefficient (Wildman–Crippen LogP) is 5.18. The monoisotopic (exact) mass is 356 g/mol. The zero-order chi connectivity index (χ0) is 16.5. The summed E-state index contributed by atoms with van der Waals surface area (Å²) in [6, 6.07) is 12.4. The van der Waals surface area contributed by atoms with Crippen LogP contribution in [0.4, 0.5) is 0 Å². The molecule has 0 N–H and O–H groups in total. The summed E-state index contributed by atoms with van der Waals surface area (Å²) in [5.41, 5.74) is 2.18. The molecule has 0 amide bonds. The maximum atomic E-state index is 6.34. The summed E-state index contributed by atoms with van der Waals surface area (Å²) in [4.78, 5) is 4.09. The molecule has 2 heterocycles. The standard InChI is InChI=1S/C18H17ClN4S/c1-12(15-4-2-3-5-16(15)19)24-18-22-21-17(23(18)14-6-7-14)13-8-10-20-11-9-13/h2-5,8-12,14H,6-7H2,1H3. The lowest BCUT2D eigenvalue weighted by molar-refractivity contribution is 0.668. The fourth-order valence-corrected chi connectivity index (χ4v) is 4.19. The molecule has 0 radical (unpaired) electrons. The normalized spacial score (nSPS) is 15.4. The van der Waals surface area contributed by atoms with E-state index in [-0.39, 0.29) is 5.25 Å². The Morgan fingerprint density at radius 3 is 2.58 bits per heavy atom. The SMILES string of the molecule is CC(Sc1nnc(-c2ccncc2)n1C1CC1)c1ccccc1Cl. The van der Waals surface area contributed by atoms with E-state index in [9.17, 15) is 0 Å². The summed E-state index contributed by atoms with van der Waals surface area (Å²) in [5, 5.41) is 10.9. The van der Waals surface area contributed by atoms with Crippen molar-refractivity contribution in [2.75, 3.05) is 0 Å². The van der Waals surface area contributed by atoms with E-state index in [1.165, 1.54) is 12.8 Å². The highest BCUT2D eigenvalue weighted by atomic mass is 35.5. The smallest absolute Gasteiger partial charge is 0.192 e. The first kappa shape index (κ1) is 15.7. The second-order valence-electron chi connectivity index (χ2n) is 5.92. The third-order valence-electron chi connectivity index (χ3n) is 4.14. The number of nitrogens with zero attached hydrogens (tertiary/aromatic N) is 4. The van der Waals surface area contributed by atoms with Crippen LogP contribution < -0.4 is 0 Å². The van der Waals surface area contributed by atoms with Gasteiger partial charge in [-0.05, 0) is 43.5 Å². The van der Waals surface area contributed by atoms with Gasteiger partial charge in [0.2, 0.25) is 0 Å². The van der Waals surface area contributed by atoms with Crippen molar-refractivity contribution in [1.82, 2.24) is 19.7 Å². The van der Waals surface area contributed by atoms with Gasteiger partial charge in [0.25, 0.3) is 0 Å². The topological polar surface area (TPSA) is 43.6 Å². The summed E-state index contributed by atoms with van der Waals surface area (Å²) < 4.78 is 2.27. The number of halogens is 1. The first-order valence-corrected chi connectivity index (χ1v) is 9.26. The molecule has 1 aliphatic rings. The van der Waals surface area contributed by atoms with E-state index in [0.717, 1.165) is 27.1 Å². The number of hydrogen-bond donors (Lipinski definition) is 0. The Morgan fingerprint density at radius 2 is 1.88 bits per heavy atom. The van der Waals surface area contributed by atoms with Gasteiger partial charge in [-0.25, -0.2) is 0 Å². The molecule has 3 aromatic rings. The molecule has 0 aliphatic heterocycles. The Hall–Kier alpha value is -1.85. The van der Waals surface area contributed by atoms with Gasteiger partial charge in [-0.3, -0.25) is 9.55 Å². The second kappa shape index (κ2) is 6.57. The minimum atomic E-state index is 0.214. The fraction of sp³-hybridized carbons (Fsp3) is 0.278. The molecule has 122 valence electrons. The number of hydrogen-bond acceptors (Lipinski definition) is 4. The lowest BCUT2D eigenvalue weighted by atomic mass is 10.2. The zero-order valence-electron chi connectivity index (χ0n) is 13.3. The van der Waals surface area contributed by atoms with Crippen LogP contribution in [0, 0.1) is 0 Å². The molecule has 1 atom stereocenters. The van der Waals surface area contributed by atoms with Crippen LogP contribution in [0.2, 0.25) is 5.02 Å². The van der Waals surface area contributed by atoms with Crippen LogP contribution in [-0.4, -0.2) is 19.7 Å². The Kier molecular flexibility index (Phi) is 4.29. The molecule has 24 heavy (non-hydrogen) atoms. The van der Waals surface area contributed by atoms with E-state index in [1.807, 2.05) is 30.3 Å². The Balaban J connectivity index is 1.67. The van der Waals surface area contributed by atoms with Gasteiger partial charge < -0.3 is 0 Å². The van der Waals surface area contributed by atoms with Gasteiger partial charge in [0.05, 0.1) is 0 Å². The molecular formula is C18H17ClN4S. The van der Waals surface area contributed by atoms with Gasteiger partial charge in [-0.15, -0.1) is 10.2 Å². The van der Waals surface area contributed by atoms with Crippen LogP contribution in [0.25, 0.3) is 11.4 Å². The molecule has 4 nitrogen and oxygen atoms in total. The molecule has 0 spiro atoms. The van der Waals surface area contributed by atoms with Crippen LogP contribution in [-0.2, 0) is 0 Å². The van der Waals surface area contributed by atoms with E-state index < -0.39 is 0 Å². The quantitative estimate of drug-likeness (QED) is 0.590. The maximum absolute atomic E-state index is 6.34. The van der Waals surface area contributed by atoms with Gasteiger partial charge in [0.15, 0.2) is 11.0 Å². The number of benzene rings is 1. The highest BCUT2D eigenvalue weighted by molar-refractivity contribution is 7.99. The molecule has 6 heteroatoms. The van der Waals surface area contributed by atoms with Crippen molar-refractivity contribution < 1.29 is 0 Å². The summed E-state index contributed by atoms with van der Waals surface area (Å²) in [6.45, 7) is 2.16. The molecule has 0 saturated heterocycles. The first-order valence-electron chi connectivity index (χ1n) is 8.00. The van der Waals surface area contributed by atoms with Gasteiger partial charge in [0.1, 0.15) is 0 Å². The van der Waals surface area contributed by atoms with Crippen LogP contribution in [0.15, 0.2) is 53.9 Å². The molecular weight excluding hydrogens is 340 g/mol. The largest absolute Gasteiger partial charge is 0.299 e. The number of aromatic nitrogens is 4. The molecule has 1 fully saturated rings. The van der Waals surface area contributed by atoms with Crippen molar-refractivity contribution >= 4 is 23.4 Å². The van der Waals surface area contributed by atoms with E-state index in [4.69, 9.17) is 11.6 Å². The van der Waals surface area contributed by atoms with Crippen molar-refractivity contribution in [3.05, 3.63) is 59.4 Å². The van der Waals surface area contributed by atoms with E-state index in [0.29, 0.717) is 6.04 Å². The van der Waals surface area contributed by atoms with Crippen molar-refractivity contribution in [2.24, 2.45) is 0 Å². The Bertz CT molecular complexity index is 845. The van der Waals surface area contributed by atoms with Crippen LogP contribution in [0.5, 0.6) is 0 Å². The van der Waals surface area contributed by atoms with E-state index >= 15 is 0 Å². The molecule has 1 aromatic carbocycles. The van der Waals surface area contributed by atoms with Crippen LogP contribution in [0.1, 0.15) is 36.6 Å². The number of rotatable bonds is 5. The maximum Gasteiger partial charge on any atom is 0.192 e. The first-order chi connectivity index (χ1) is 11.7. The molecule has 4 rings (SSSR count). The average molecular weight is 357 g/mol. The molecule has 0 bridgehead atoms. The minimum Gasteiger partial charge on any atom is -0.299 e. The summed E-state index contributed by atoms with van der Waals surface area (Å²) in [7, 11) is 0. The second-order valence-corrected chi connectivity index (χ2v) is 7.64. The van der Waals surface area contributed by atoms with Gasteiger partial charge in [-0.1, -0.05) is 41.6 Å². The highest BCUT2D eigenvalue weighted by Gasteiger charge is 2.31. The number of pyridine rings is 1. The summed E-state index contributed by atoms with van der Waals surface area (Å²) in [6.07, 6.45) is 5.95. The van der Waals surface area contributed by atoms with Crippen molar-refractivity contribution in [3.8, 4) is 11.4 Å². The molecule has 1 aliphatic carbocycles. The Morgan fingerprint density at radius 1 is 1.12 bits per heavy atom. The Labute approximate surface area is 150 Å². The third kappa shape index (κ3) is 3.06. The lowest BCUT2D eigenvalue weighted by Crippen LogP contribution is -2.01. The van der Waals surface area contributed by atoms with Gasteiger partial charge in [0, 0.05) is 34.3 Å². The van der Waals surface area contributed by atoms with Gasteiger partial charge >= 0.3 is 0 Å². The number of thioether (sulfide) groups is 1. The van der Waals surface area contributed by atoms with E-state index in [2.05, 4.69) is 32.7 Å². The van der Waals surface area contributed by atoms with Crippen molar-refractivity contribution in [2.45, 2.75) is 36.2 Å². The van der Waals surface area contributed by atoms with Crippen molar-refractivity contribution in [1.29, 1.82) is 0 Å². The average Bonchev–Trinajstić information content (AvgIpc) is 3.36. The predicted molar refractivity (Wildman–Crippen MR) is 97.2 cm³/mol. The molecule has 2 aromatic heterocycles. The fourth-order valence-electron chi connectivity index (χ4n) is 2.74. The summed E-state index contributed by atoms with van der Waals surface area (Å²) >= 11 is 8.05. The van der Waals surface area contributed by atoms with Gasteiger partial charge in [-0.2, -0.15) is 0 Å². The van der Waals surface area contributed by atoms with Crippen LogP contribution in [0.3, 0.4) is 0 Å². The van der Waals surface area contributed by atoms with Crippen molar-refractivity contribution in [3.63, 3.8) is 0 Å².